The number of benzene rings is 1. The topological polar surface area (TPSA) is 67.2 Å². The molecule has 1 saturated carbocycles. The molecule has 1 N–H and O–H groups in total. The van der Waals surface area contributed by atoms with Gasteiger partial charge in [0.2, 0.25) is 11.8 Å². The number of halogens is 1. The molecule has 0 bridgehead atoms. The molecule has 2 aromatic rings. The number of carbonyl (C=O) groups is 2. The predicted octanol–water partition coefficient (Wildman–Crippen LogP) is 5.19. The van der Waals surface area contributed by atoms with Crippen LogP contribution >= 0.6 is 11.6 Å². The molecule has 0 aliphatic heterocycles. The summed E-state index contributed by atoms with van der Waals surface area (Å²) in [6.07, 6.45) is 6.42. The largest absolute Gasteiger partial charge is 0.336 e. The monoisotopic (exact) mass is 444 g/mol. The number of amides is 2. The molecule has 0 radical (unpaired) electrons. The number of hydrogen-bond acceptors (Lipinski definition) is 3. The zero-order valence-corrected chi connectivity index (χ0v) is 19.7. The molecule has 1 aliphatic carbocycles. The highest BCUT2D eigenvalue weighted by Gasteiger charge is 2.23. The molecule has 2 amide bonds. The molecule has 3 rings (SSSR count). The number of carbonyl (C=O) groups excluding carboxylic acids is 2. The van der Waals surface area contributed by atoms with Crippen LogP contribution in [0.25, 0.3) is 5.69 Å². The molecule has 1 aromatic carbocycles. The van der Waals surface area contributed by atoms with Crippen molar-refractivity contribution >= 4 is 29.2 Å². The number of likely N-dealkylation sites (N-methyl/N-ethyl adjacent to an activating group) is 1. The van der Waals surface area contributed by atoms with Crippen molar-refractivity contribution in [3.8, 4) is 5.69 Å². The van der Waals surface area contributed by atoms with Crippen LogP contribution in [0.3, 0.4) is 0 Å². The maximum Gasteiger partial charge on any atom is 0.245 e. The Labute approximate surface area is 190 Å². The number of nitrogens with zero attached hydrogens (tertiary/aromatic N) is 3. The first-order valence-corrected chi connectivity index (χ1v) is 11.4. The Morgan fingerprint density at radius 1 is 1.19 bits per heavy atom. The van der Waals surface area contributed by atoms with Crippen LogP contribution < -0.4 is 5.32 Å². The van der Waals surface area contributed by atoms with E-state index in [1.807, 2.05) is 18.2 Å². The van der Waals surface area contributed by atoms with Crippen LogP contribution in [0.4, 0.5) is 5.82 Å². The maximum atomic E-state index is 12.7. The van der Waals surface area contributed by atoms with Crippen molar-refractivity contribution in [3.05, 3.63) is 41.0 Å². The van der Waals surface area contributed by atoms with Gasteiger partial charge in [-0.25, -0.2) is 4.68 Å². The average molecular weight is 445 g/mol. The van der Waals surface area contributed by atoms with Gasteiger partial charge in [-0.1, -0.05) is 58.1 Å². The van der Waals surface area contributed by atoms with Gasteiger partial charge in [0.15, 0.2) is 0 Å². The van der Waals surface area contributed by atoms with Crippen molar-refractivity contribution in [2.45, 2.75) is 64.7 Å². The number of rotatable bonds is 7. The number of hydrogen-bond donors (Lipinski definition) is 1. The Morgan fingerprint density at radius 2 is 1.84 bits per heavy atom. The summed E-state index contributed by atoms with van der Waals surface area (Å²) in [5.41, 5.74) is 1.49. The summed E-state index contributed by atoms with van der Waals surface area (Å²) >= 11 is 6.02. The van der Waals surface area contributed by atoms with Gasteiger partial charge in [-0.05, 0) is 36.6 Å². The third kappa shape index (κ3) is 6.33. The molecule has 1 aliphatic rings. The van der Waals surface area contributed by atoms with E-state index in [0.717, 1.165) is 17.8 Å². The second kappa shape index (κ2) is 9.86. The lowest BCUT2D eigenvalue weighted by Crippen LogP contribution is -2.35. The normalized spacial score (nSPS) is 14.6. The van der Waals surface area contributed by atoms with Gasteiger partial charge in [0.05, 0.1) is 17.9 Å². The Morgan fingerprint density at radius 3 is 2.45 bits per heavy atom. The fraction of sp³-hybridized carbons (Fsp3) is 0.542. The summed E-state index contributed by atoms with van der Waals surface area (Å²) in [5, 5.41) is 8.27. The van der Waals surface area contributed by atoms with Crippen molar-refractivity contribution < 1.29 is 9.59 Å². The smallest absolute Gasteiger partial charge is 0.245 e. The molecule has 31 heavy (non-hydrogen) atoms. The van der Waals surface area contributed by atoms with Gasteiger partial charge >= 0.3 is 0 Å². The molecule has 1 aromatic heterocycles. The molecule has 0 unspecified atom stereocenters. The molecule has 6 nitrogen and oxygen atoms in total. The van der Waals surface area contributed by atoms with Gasteiger partial charge in [-0.2, -0.15) is 5.10 Å². The number of nitrogens with one attached hydrogen (secondary N) is 1. The Kier molecular flexibility index (Phi) is 7.42. The van der Waals surface area contributed by atoms with Crippen LogP contribution in [0.2, 0.25) is 5.02 Å². The zero-order valence-electron chi connectivity index (χ0n) is 18.9. The molecule has 0 spiro atoms. The van der Waals surface area contributed by atoms with Crippen LogP contribution in [-0.4, -0.2) is 40.1 Å². The lowest BCUT2D eigenvalue weighted by molar-refractivity contribution is -0.133. The quantitative estimate of drug-likeness (QED) is 0.638. The number of aromatic nitrogens is 2. The van der Waals surface area contributed by atoms with Crippen LogP contribution in [0.1, 0.15) is 65.0 Å². The predicted molar refractivity (Wildman–Crippen MR) is 125 cm³/mol. The lowest BCUT2D eigenvalue weighted by Gasteiger charge is -2.18. The van der Waals surface area contributed by atoms with E-state index in [-0.39, 0.29) is 23.8 Å². The van der Waals surface area contributed by atoms with E-state index in [0.29, 0.717) is 23.2 Å². The molecule has 0 saturated heterocycles. The van der Waals surface area contributed by atoms with Crippen molar-refractivity contribution in [3.63, 3.8) is 0 Å². The molecule has 168 valence electrons. The SMILES string of the molecule is CN(CC(=O)Nc1cc(C(C)(C)C)nn1-c1ccc(Cl)cc1)C(=O)CCC1CCCC1. The fourth-order valence-corrected chi connectivity index (χ4v) is 4.05. The zero-order chi connectivity index (χ0) is 22.6. The summed E-state index contributed by atoms with van der Waals surface area (Å²) < 4.78 is 1.71. The summed E-state index contributed by atoms with van der Waals surface area (Å²) in [5.74, 6) is 1.01. The van der Waals surface area contributed by atoms with Crippen LogP contribution in [0.15, 0.2) is 30.3 Å². The first kappa shape index (κ1) is 23.3. The minimum atomic E-state index is -0.243. The summed E-state index contributed by atoms with van der Waals surface area (Å²) in [4.78, 5) is 26.7. The van der Waals surface area contributed by atoms with Gasteiger partial charge in [-0.3, -0.25) is 9.59 Å². The molecule has 0 atom stereocenters. The first-order chi connectivity index (χ1) is 14.6. The third-order valence-electron chi connectivity index (χ3n) is 5.86. The summed E-state index contributed by atoms with van der Waals surface area (Å²) in [6, 6.07) is 9.18. The molecular formula is C24H33ClN4O2. The third-order valence-corrected chi connectivity index (χ3v) is 6.12. The van der Waals surface area contributed by atoms with Crippen molar-refractivity contribution in [1.29, 1.82) is 0 Å². The Bertz CT molecular complexity index is 909. The highest BCUT2D eigenvalue weighted by molar-refractivity contribution is 6.30. The second-order valence-electron chi connectivity index (χ2n) is 9.54. The van der Waals surface area contributed by atoms with E-state index >= 15 is 0 Å². The fourth-order valence-electron chi connectivity index (χ4n) is 3.92. The van der Waals surface area contributed by atoms with E-state index in [9.17, 15) is 9.59 Å². The van der Waals surface area contributed by atoms with Crippen molar-refractivity contribution in [2.24, 2.45) is 5.92 Å². The van der Waals surface area contributed by atoms with Gasteiger partial charge in [0, 0.05) is 30.0 Å². The number of anilines is 1. The van der Waals surface area contributed by atoms with Crippen LogP contribution in [0, 0.1) is 5.92 Å². The van der Waals surface area contributed by atoms with Crippen LogP contribution in [-0.2, 0) is 15.0 Å². The molecule has 7 heteroatoms. The molecule has 1 heterocycles. The van der Waals surface area contributed by atoms with E-state index in [2.05, 4.69) is 26.1 Å². The van der Waals surface area contributed by atoms with E-state index in [1.54, 1.807) is 23.9 Å². The Hall–Kier alpha value is -2.34. The van der Waals surface area contributed by atoms with E-state index in [1.165, 1.54) is 30.6 Å². The van der Waals surface area contributed by atoms with Gasteiger partial charge < -0.3 is 10.2 Å². The van der Waals surface area contributed by atoms with Gasteiger partial charge in [0.25, 0.3) is 0 Å². The van der Waals surface area contributed by atoms with E-state index < -0.39 is 0 Å². The summed E-state index contributed by atoms with van der Waals surface area (Å²) in [6.45, 7) is 6.23. The second-order valence-corrected chi connectivity index (χ2v) is 9.98. The highest BCUT2D eigenvalue weighted by Crippen LogP contribution is 2.29. The van der Waals surface area contributed by atoms with Crippen molar-refractivity contribution in [2.75, 3.05) is 18.9 Å². The van der Waals surface area contributed by atoms with Gasteiger partial charge in [0.1, 0.15) is 5.82 Å². The standard InChI is InChI=1S/C24H33ClN4O2/c1-24(2,3)20-15-21(29(27-20)19-12-10-18(25)11-13-19)26-22(30)16-28(4)23(31)14-9-17-7-5-6-8-17/h10-13,15,17H,5-9,14,16H2,1-4H3,(H,26,30). The minimum absolute atomic E-state index is 0.0140. The Balaban J connectivity index is 1.67. The molecule has 1 fully saturated rings. The summed E-state index contributed by atoms with van der Waals surface area (Å²) in [7, 11) is 1.69. The van der Waals surface area contributed by atoms with Crippen molar-refractivity contribution in [1.82, 2.24) is 14.7 Å². The van der Waals surface area contributed by atoms with Gasteiger partial charge in [-0.15, -0.1) is 0 Å². The van der Waals surface area contributed by atoms with Crippen LogP contribution in [0.5, 0.6) is 0 Å². The first-order valence-electron chi connectivity index (χ1n) is 11.0. The minimum Gasteiger partial charge on any atom is -0.336 e. The highest BCUT2D eigenvalue weighted by atomic mass is 35.5. The average Bonchev–Trinajstić information content (AvgIpc) is 3.36. The molecular weight excluding hydrogens is 412 g/mol. The van der Waals surface area contributed by atoms with E-state index in [4.69, 9.17) is 16.7 Å². The maximum absolute atomic E-state index is 12.7. The lowest BCUT2D eigenvalue weighted by atomic mass is 9.92.